The highest BCUT2D eigenvalue weighted by atomic mass is 79.9. The monoisotopic (exact) mass is 397 g/mol. The van der Waals surface area contributed by atoms with Crippen molar-refractivity contribution in [3.05, 3.63) is 19.2 Å². The molecule has 2 rings (SSSR count). The van der Waals surface area contributed by atoms with Gasteiger partial charge in [0, 0.05) is 13.0 Å². The van der Waals surface area contributed by atoms with Crippen LogP contribution in [0.25, 0.3) is 0 Å². The number of β-amino-alcohol motifs (C(OH)–C–C–N with tert-alkyl or cyclic N) is 1. The molecule has 1 amide bonds. The van der Waals surface area contributed by atoms with Gasteiger partial charge in [0.25, 0.3) is 5.91 Å². The Morgan fingerprint density at radius 1 is 1.44 bits per heavy atom. The summed E-state index contributed by atoms with van der Waals surface area (Å²) in [7, 11) is 0. The molecule has 0 saturated carbocycles. The molecule has 0 spiro atoms. The van der Waals surface area contributed by atoms with Crippen molar-refractivity contribution in [1.82, 2.24) is 4.90 Å². The van der Waals surface area contributed by atoms with Crippen LogP contribution in [0.5, 0.6) is 0 Å². The number of rotatable bonds is 2. The van der Waals surface area contributed by atoms with Crippen molar-refractivity contribution >= 4 is 55.1 Å². The largest absolute Gasteiger partial charge is 0.480 e. The molecule has 1 aromatic rings. The molecule has 0 aromatic carbocycles. The van der Waals surface area contributed by atoms with Crippen LogP contribution < -0.4 is 0 Å². The molecule has 0 aliphatic carbocycles. The number of amides is 1. The molecule has 2 N–H and O–H groups in total. The number of carbonyl (C=O) groups is 2. The minimum Gasteiger partial charge on any atom is -0.480 e. The number of carboxylic acids is 1. The SMILES string of the molecule is O=C(O)[C@@H]1CC(O)CN1C(=O)c1cc(Br)sc1Br. The van der Waals surface area contributed by atoms with Gasteiger partial charge < -0.3 is 15.1 Å². The number of hydrogen-bond acceptors (Lipinski definition) is 4. The van der Waals surface area contributed by atoms with Crippen LogP contribution in [0.4, 0.5) is 0 Å². The van der Waals surface area contributed by atoms with Crippen LogP contribution in [0, 0.1) is 0 Å². The number of aliphatic hydroxyl groups excluding tert-OH is 1. The van der Waals surface area contributed by atoms with Crippen LogP contribution in [0.1, 0.15) is 16.8 Å². The van der Waals surface area contributed by atoms with Crippen molar-refractivity contribution in [1.29, 1.82) is 0 Å². The first-order valence-corrected chi connectivity index (χ1v) is 7.47. The fraction of sp³-hybridized carbons (Fsp3) is 0.400. The molecule has 98 valence electrons. The average Bonchev–Trinajstić information content (AvgIpc) is 2.81. The predicted octanol–water partition coefficient (Wildman–Crippen LogP) is 1.93. The Bertz CT molecular complexity index is 504. The summed E-state index contributed by atoms with van der Waals surface area (Å²) in [6.45, 7) is 0.0513. The summed E-state index contributed by atoms with van der Waals surface area (Å²) in [4.78, 5) is 24.5. The fourth-order valence-electron chi connectivity index (χ4n) is 1.91. The van der Waals surface area contributed by atoms with Gasteiger partial charge in [-0.2, -0.15) is 0 Å². The third kappa shape index (κ3) is 2.61. The first-order valence-electron chi connectivity index (χ1n) is 5.07. The van der Waals surface area contributed by atoms with E-state index < -0.39 is 18.1 Å². The zero-order valence-electron chi connectivity index (χ0n) is 8.97. The summed E-state index contributed by atoms with van der Waals surface area (Å²) >= 11 is 7.88. The van der Waals surface area contributed by atoms with Crippen LogP contribution in [0.3, 0.4) is 0 Å². The Kier molecular flexibility index (Phi) is 4.10. The molecule has 2 atom stereocenters. The lowest BCUT2D eigenvalue weighted by atomic mass is 10.2. The molecule has 1 saturated heterocycles. The van der Waals surface area contributed by atoms with Crippen molar-refractivity contribution in [3.8, 4) is 0 Å². The minimum absolute atomic E-state index is 0.0513. The summed E-state index contributed by atoms with van der Waals surface area (Å²) in [5, 5.41) is 18.6. The first kappa shape index (κ1) is 14.0. The molecule has 18 heavy (non-hydrogen) atoms. The molecule has 0 radical (unpaired) electrons. The Hall–Kier alpha value is -0.440. The van der Waals surface area contributed by atoms with Gasteiger partial charge in [-0.05, 0) is 37.9 Å². The molecule has 1 aliphatic rings. The number of thiophene rings is 1. The Morgan fingerprint density at radius 2 is 2.11 bits per heavy atom. The van der Waals surface area contributed by atoms with Crippen LogP contribution in [-0.4, -0.2) is 45.7 Å². The summed E-state index contributed by atoms with van der Waals surface area (Å²) < 4.78 is 1.43. The van der Waals surface area contributed by atoms with Crippen LogP contribution in [-0.2, 0) is 4.79 Å². The summed E-state index contributed by atoms with van der Waals surface area (Å²) in [6, 6.07) is 0.679. The normalized spacial score (nSPS) is 23.4. The second-order valence-corrected chi connectivity index (χ2v) is 7.69. The predicted molar refractivity (Wildman–Crippen MR) is 72.8 cm³/mol. The van der Waals surface area contributed by atoms with Crippen molar-refractivity contribution in [2.75, 3.05) is 6.54 Å². The van der Waals surface area contributed by atoms with Crippen LogP contribution >= 0.6 is 43.2 Å². The van der Waals surface area contributed by atoms with Gasteiger partial charge in [-0.1, -0.05) is 0 Å². The van der Waals surface area contributed by atoms with E-state index in [9.17, 15) is 14.7 Å². The number of aliphatic carboxylic acids is 1. The van der Waals surface area contributed by atoms with E-state index >= 15 is 0 Å². The Balaban J connectivity index is 2.28. The second kappa shape index (κ2) is 5.28. The number of aliphatic hydroxyl groups is 1. The minimum atomic E-state index is -1.09. The van der Waals surface area contributed by atoms with E-state index in [2.05, 4.69) is 31.9 Å². The van der Waals surface area contributed by atoms with Gasteiger partial charge in [-0.3, -0.25) is 4.79 Å². The van der Waals surface area contributed by atoms with Crippen LogP contribution in [0.15, 0.2) is 13.6 Å². The van der Waals surface area contributed by atoms with Crippen molar-refractivity contribution in [3.63, 3.8) is 0 Å². The Labute approximate surface area is 124 Å². The topological polar surface area (TPSA) is 77.8 Å². The molecule has 2 heterocycles. The van der Waals surface area contributed by atoms with Gasteiger partial charge in [0.2, 0.25) is 0 Å². The highest BCUT2D eigenvalue weighted by molar-refractivity contribution is 9.12. The highest BCUT2D eigenvalue weighted by Crippen LogP contribution is 2.34. The molecule has 5 nitrogen and oxygen atoms in total. The third-order valence-electron chi connectivity index (χ3n) is 2.71. The number of hydrogen-bond donors (Lipinski definition) is 2. The van der Waals surface area contributed by atoms with Crippen LogP contribution in [0.2, 0.25) is 0 Å². The Morgan fingerprint density at radius 3 is 2.61 bits per heavy atom. The highest BCUT2D eigenvalue weighted by Gasteiger charge is 2.39. The molecular weight excluding hydrogens is 390 g/mol. The number of halogens is 2. The zero-order chi connectivity index (χ0) is 13.4. The number of carbonyl (C=O) groups excluding carboxylic acids is 1. The van der Waals surface area contributed by atoms with Gasteiger partial charge in [0.1, 0.15) is 6.04 Å². The number of carboxylic acid groups (broad SMARTS) is 1. The average molecular weight is 399 g/mol. The van der Waals surface area contributed by atoms with Crippen molar-refractivity contribution in [2.24, 2.45) is 0 Å². The maximum Gasteiger partial charge on any atom is 0.326 e. The van der Waals surface area contributed by atoms with Gasteiger partial charge in [-0.25, -0.2) is 4.79 Å². The first-order chi connectivity index (χ1) is 8.40. The maximum atomic E-state index is 12.2. The van der Waals surface area contributed by atoms with E-state index in [-0.39, 0.29) is 18.9 Å². The van der Waals surface area contributed by atoms with E-state index in [0.717, 1.165) is 3.79 Å². The summed E-state index contributed by atoms with van der Waals surface area (Å²) in [6.07, 6.45) is -0.708. The van der Waals surface area contributed by atoms with Gasteiger partial charge in [0.15, 0.2) is 0 Å². The standard InChI is InChI=1S/C10H9Br2NO4S/c11-7-2-5(8(12)18-7)9(15)13-3-4(14)1-6(13)10(16)17/h2,4,6,14H,1,3H2,(H,16,17)/t4?,6-/m0/s1. The zero-order valence-corrected chi connectivity index (χ0v) is 13.0. The quantitative estimate of drug-likeness (QED) is 0.797. The lowest BCUT2D eigenvalue weighted by Crippen LogP contribution is -2.40. The van der Waals surface area contributed by atoms with Gasteiger partial charge in [0.05, 0.1) is 19.2 Å². The molecule has 0 bridgehead atoms. The molecule has 8 heteroatoms. The second-order valence-electron chi connectivity index (χ2n) is 3.94. The van der Waals surface area contributed by atoms with Gasteiger partial charge >= 0.3 is 5.97 Å². The van der Waals surface area contributed by atoms with E-state index in [4.69, 9.17) is 5.11 Å². The molecule has 1 aromatic heterocycles. The molecule has 1 unspecified atom stereocenters. The third-order valence-corrected chi connectivity index (χ3v) is 5.05. The molecule has 1 aliphatic heterocycles. The lowest BCUT2D eigenvalue weighted by Gasteiger charge is -2.20. The molecular formula is C10H9Br2NO4S. The summed E-state index contributed by atoms with van der Waals surface area (Å²) in [5.41, 5.74) is 0.409. The number of nitrogens with zero attached hydrogens (tertiary/aromatic N) is 1. The lowest BCUT2D eigenvalue weighted by molar-refractivity contribution is -0.141. The fourth-order valence-corrected chi connectivity index (χ4v) is 4.69. The maximum absolute atomic E-state index is 12.2. The van der Waals surface area contributed by atoms with Crippen molar-refractivity contribution in [2.45, 2.75) is 18.6 Å². The van der Waals surface area contributed by atoms with Crippen molar-refractivity contribution < 1.29 is 19.8 Å². The molecule has 1 fully saturated rings. The van der Waals surface area contributed by atoms with Gasteiger partial charge in [-0.15, -0.1) is 11.3 Å². The summed E-state index contributed by atoms with van der Waals surface area (Å²) in [5.74, 6) is -1.47. The van der Waals surface area contributed by atoms with E-state index in [0.29, 0.717) is 9.35 Å². The van der Waals surface area contributed by atoms with E-state index in [1.807, 2.05) is 0 Å². The van der Waals surface area contributed by atoms with E-state index in [1.165, 1.54) is 16.2 Å². The van der Waals surface area contributed by atoms with E-state index in [1.54, 1.807) is 6.07 Å². The number of likely N-dealkylation sites (tertiary alicyclic amines) is 1. The smallest absolute Gasteiger partial charge is 0.326 e.